The molecule has 1 aliphatic heterocycles. The van der Waals surface area contributed by atoms with Gasteiger partial charge in [-0.05, 0) is 50.2 Å². The third-order valence-electron chi connectivity index (χ3n) is 6.09. The van der Waals surface area contributed by atoms with Gasteiger partial charge in [0.05, 0.1) is 6.10 Å². The second-order valence-electron chi connectivity index (χ2n) is 8.18. The molecule has 0 spiro atoms. The van der Waals surface area contributed by atoms with Gasteiger partial charge in [-0.25, -0.2) is 0 Å². The highest BCUT2D eigenvalue weighted by Gasteiger charge is 2.30. The lowest BCUT2D eigenvalue weighted by Crippen LogP contribution is -2.46. The number of carbonyl (C=O) groups excluding carboxylic acids is 1. The standard InChI is InChI=1S/C20H35NO2S/c1-16-7-5-10-18(13-16)23-15-20(22)21(14-19-11-6-12-24-19)17-8-3-2-4-9-17/h16-19H,2-15H2,1H3. The van der Waals surface area contributed by atoms with E-state index >= 15 is 0 Å². The van der Waals surface area contributed by atoms with Gasteiger partial charge in [0, 0.05) is 17.8 Å². The molecule has 138 valence electrons. The fourth-order valence-electron chi connectivity index (χ4n) is 4.66. The van der Waals surface area contributed by atoms with E-state index in [2.05, 4.69) is 23.6 Å². The summed E-state index contributed by atoms with van der Waals surface area (Å²) in [6, 6.07) is 0.473. The fourth-order valence-corrected chi connectivity index (χ4v) is 5.92. The molecule has 2 aliphatic carbocycles. The second-order valence-corrected chi connectivity index (χ2v) is 9.59. The van der Waals surface area contributed by atoms with E-state index in [0.717, 1.165) is 25.3 Å². The van der Waals surface area contributed by atoms with E-state index < -0.39 is 0 Å². The number of hydrogen-bond acceptors (Lipinski definition) is 3. The molecular formula is C20H35NO2S. The molecule has 1 saturated heterocycles. The molecule has 2 saturated carbocycles. The van der Waals surface area contributed by atoms with Gasteiger partial charge in [-0.3, -0.25) is 4.79 Å². The van der Waals surface area contributed by atoms with Crippen LogP contribution < -0.4 is 0 Å². The molecular weight excluding hydrogens is 318 g/mol. The van der Waals surface area contributed by atoms with E-state index in [1.807, 2.05) is 0 Å². The SMILES string of the molecule is CC1CCCC(OCC(=O)N(CC2CCCS2)C2CCCCC2)C1. The Morgan fingerprint density at radius 1 is 1.04 bits per heavy atom. The molecule has 0 bridgehead atoms. The summed E-state index contributed by atoms with van der Waals surface area (Å²) < 4.78 is 6.05. The summed E-state index contributed by atoms with van der Waals surface area (Å²) in [6.45, 7) is 3.58. The third-order valence-corrected chi connectivity index (χ3v) is 7.47. The Morgan fingerprint density at radius 2 is 1.88 bits per heavy atom. The minimum Gasteiger partial charge on any atom is -0.368 e. The van der Waals surface area contributed by atoms with Gasteiger partial charge in [-0.15, -0.1) is 0 Å². The zero-order chi connectivity index (χ0) is 16.8. The quantitative estimate of drug-likeness (QED) is 0.697. The number of hydrogen-bond donors (Lipinski definition) is 0. The van der Waals surface area contributed by atoms with E-state index in [9.17, 15) is 4.79 Å². The minimum atomic E-state index is 0.257. The van der Waals surface area contributed by atoms with Crippen LogP contribution in [0.2, 0.25) is 0 Å². The van der Waals surface area contributed by atoms with Crippen LogP contribution in [0.4, 0.5) is 0 Å². The van der Waals surface area contributed by atoms with Gasteiger partial charge in [0.2, 0.25) is 5.91 Å². The van der Waals surface area contributed by atoms with Gasteiger partial charge in [-0.1, -0.05) is 39.0 Å². The Labute approximate surface area is 152 Å². The molecule has 3 rings (SSSR count). The first kappa shape index (κ1) is 18.6. The lowest BCUT2D eigenvalue weighted by Gasteiger charge is -2.36. The summed E-state index contributed by atoms with van der Waals surface area (Å²) in [5.41, 5.74) is 0. The van der Waals surface area contributed by atoms with Crippen LogP contribution in [-0.4, -0.2) is 47.1 Å². The summed E-state index contributed by atoms with van der Waals surface area (Å²) in [4.78, 5) is 15.2. The number of thioether (sulfide) groups is 1. The predicted molar refractivity (Wildman–Crippen MR) is 101 cm³/mol. The average molecular weight is 354 g/mol. The van der Waals surface area contributed by atoms with Crippen molar-refractivity contribution in [3.63, 3.8) is 0 Å². The Hall–Kier alpha value is -0.220. The zero-order valence-electron chi connectivity index (χ0n) is 15.4. The van der Waals surface area contributed by atoms with E-state index in [1.165, 1.54) is 63.5 Å². The molecule has 4 heteroatoms. The maximum atomic E-state index is 12.9. The van der Waals surface area contributed by atoms with Crippen LogP contribution in [0.3, 0.4) is 0 Å². The van der Waals surface area contributed by atoms with Crippen molar-refractivity contribution in [2.24, 2.45) is 5.92 Å². The van der Waals surface area contributed by atoms with Crippen molar-refractivity contribution in [3.05, 3.63) is 0 Å². The van der Waals surface area contributed by atoms with Crippen molar-refractivity contribution < 1.29 is 9.53 Å². The minimum absolute atomic E-state index is 0.257. The van der Waals surface area contributed by atoms with Crippen molar-refractivity contribution in [1.82, 2.24) is 4.90 Å². The largest absolute Gasteiger partial charge is 0.368 e. The normalized spacial score (nSPS) is 32.0. The lowest BCUT2D eigenvalue weighted by molar-refractivity contribution is -0.142. The topological polar surface area (TPSA) is 29.5 Å². The highest BCUT2D eigenvalue weighted by molar-refractivity contribution is 8.00. The lowest BCUT2D eigenvalue weighted by atomic mass is 9.89. The molecule has 0 aromatic carbocycles. The van der Waals surface area contributed by atoms with E-state index in [1.54, 1.807) is 0 Å². The van der Waals surface area contributed by atoms with E-state index in [4.69, 9.17) is 4.74 Å². The van der Waals surface area contributed by atoms with Crippen molar-refractivity contribution >= 4 is 17.7 Å². The number of carbonyl (C=O) groups is 1. The number of ether oxygens (including phenoxy) is 1. The predicted octanol–water partition coefficient (Wildman–Crippen LogP) is 4.64. The van der Waals surface area contributed by atoms with Gasteiger partial charge < -0.3 is 9.64 Å². The molecule has 0 radical (unpaired) electrons. The van der Waals surface area contributed by atoms with E-state index in [-0.39, 0.29) is 5.91 Å². The smallest absolute Gasteiger partial charge is 0.248 e. The van der Waals surface area contributed by atoms with Crippen LogP contribution in [-0.2, 0) is 9.53 Å². The van der Waals surface area contributed by atoms with Crippen LogP contribution in [0.25, 0.3) is 0 Å². The Balaban J connectivity index is 1.53. The number of nitrogens with zero attached hydrogens (tertiary/aromatic N) is 1. The Kier molecular flexibility index (Phi) is 7.33. The molecule has 3 unspecified atom stereocenters. The van der Waals surface area contributed by atoms with Gasteiger partial charge in [-0.2, -0.15) is 11.8 Å². The van der Waals surface area contributed by atoms with Crippen LogP contribution in [0.15, 0.2) is 0 Å². The van der Waals surface area contributed by atoms with Crippen LogP contribution in [0.5, 0.6) is 0 Å². The number of amides is 1. The summed E-state index contributed by atoms with van der Waals surface area (Å²) in [5.74, 6) is 2.28. The maximum Gasteiger partial charge on any atom is 0.248 e. The first-order valence-electron chi connectivity index (χ1n) is 10.2. The Morgan fingerprint density at radius 3 is 2.58 bits per heavy atom. The van der Waals surface area contributed by atoms with Crippen LogP contribution in [0, 0.1) is 5.92 Å². The van der Waals surface area contributed by atoms with Crippen molar-refractivity contribution in [2.75, 3.05) is 18.9 Å². The average Bonchev–Trinajstić information content (AvgIpc) is 3.12. The van der Waals surface area contributed by atoms with Crippen molar-refractivity contribution in [3.8, 4) is 0 Å². The van der Waals surface area contributed by atoms with Crippen molar-refractivity contribution in [1.29, 1.82) is 0 Å². The molecule has 3 aliphatic rings. The van der Waals surface area contributed by atoms with Gasteiger partial charge in [0.25, 0.3) is 0 Å². The molecule has 3 atom stereocenters. The first-order valence-corrected chi connectivity index (χ1v) is 11.3. The van der Waals surface area contributed by atoms with Crippen LogP contribution >= 0.6 is 11.8 Å². The molecule has 1 heterocycles. The first-order chi connectivity index (χ1) is 11.7. The molecule has 3 nitrogen and oxygen atoms in total. The highest BCUT2D eigenvalue weighted by atomic mass is 32.2. The zero-order valence-corrected chi connectivity index (χ0v) is 16.2. The summed E-state index contributed by atoms with van der Waals surface area (Å²) >= 11 is 2.06. The monoisotopic (exact) mass is 353 g/mol. The molecule has 24 heavy (non-hydrogen) atoms. The van der Waals surface area contributed by atoms with Gasteiger partial charge >= 0.3 is 0 Å². The highest BCUT2D eigenvalue weighted by Crippen LogP contribution is 2.30. The molecule has 1 amide bonds. The van der Waals surface area contributed by atoms with Gasteiger partial charge in [0.1, 0.15) is 6.61 Å². The summed E-state index contributed by atoms with van der Waals surface area (Å²) in [5, 5.41) is 0.658. The van der Waals surface area contributed by atoms with Gasteiger partial charge in [0.15, 0.2) is 0 Å². The van der Waals surface area contributed by atoms with Crippen molar-refractivity contribution in [2.45, 2.75) is 94.9 Å². The Bertz CT molecular complexity index is 391. The molecule has 0 N–H and O–H groups in total. The molecule has 0 aromatic heterocycles. The molecule has 3 fully saturated rings. The number of rotatable bonds is 6. The third kappa shape index (κ3) is 5.39. The summed E-state index contributed by atoms with van der Waals surface area (Å²) in [7, 11) is 0. The summed E-state index contributed by atoms with van der Waals surface area (Å²) in [6.07, 6.45) is 14.1. The van der Waals surface area contributed by atoms with Crippen LogP contribution in [0.1, 0.15) is 77.6 Å². The second kappa shape index (κ2) is 9.47. The fraction of sp³-hybridized carbons (Fsp3) is 0.950. The molecule has 0 aromatic rings. The van der Waals surface area contributed by atoms with E-state index in [0.29, 0.717) is 24.0 Å². The maximum absolute atomic E-state index is 12.9.